The van der Waals surface area contributed by atoms with Crippen LogP contribution in [0.25, 0.3) is 0 Å². The smallest absolute Gasteiger partial charge is 0.0198 e. The summed E-state index contributed by atoms with van der Waals surface area (Å²) in [5.74, 6) is 0. The van der Waals surface area contributed by atoms with Crippen LogP contribution in [0.5, 0.6) is 0 Å². The average Bonchev–Trinajstić information content (AvgIpc) is 2.17. The van der Waals surface area contributed by atoms with Crippen molar-refractivity contribution < 1.29 is 0 Å². The highest BCUT2D eigenvalue weighted by molar-refractivity contribution is 4.91. The SMILES string of the molecule is CCCC(C)N1CC2CCCC(C1)N2. The molecule has 1 N–H and O–H groups in total. The van der Waals surface area contributed by atoms with Crippen LogP contribution in [0.1, 0.15) is 46.0 Å². The van der Waals surface area contributed by atoms with E-state index in [1.807, 2.05) is 0 Å². The molecular formula is C12H24N2. The van der Waals surface area contributed by atoms with Gasteiger partial charge in [-0.2, -0.15) is 0 Å². The van der Waals surface area contributed by atoms with E-state index in [4.69, 9.17) is 0 Å². The second kappa shape index (κ2) is 4.63. The summed E-state index contributed by atoms with van der Waals surface area (Å²) in [6.07, 6.45) is 6.91. The molecule has 2 rings (SSSR count). The topological polar surface area (TPSA) is 15.3 Å². The highest BCUT2D eigenvalue weighted by Crippen LogP contribution is 2.21. The summed E-state index contributed by atoms with van der Waals surface area (Å²) in [7, 11) is 0. The third-order valence-corrected chi connectivity index (χ3v) is 3.82. The van der Waals surface area contributed by atoms with Crippen LogP contribution in [0.3, 0.4) is 0 Å². The molecule has 0 aromatic heterocycles. The number of fused-ring (bicyclic) bond motifs is 2. The number of rotatable bonds is 3. The van der Waals surface area contributed by atoms with Gasteiger partial charge in [-0.15, -0.1) is 0 Å². The first kappa shape index (κ1) is 10.4. The van der Waals surface area contributed by atoms with E-state index in [1.54, 1.807) is 0 Å². The fourth-order valence-electron chi connectivity index (χ4n) is 3.00. The molecule has 2 heterocycles. The highest BCUT2D eigenvalue weighted by atomic mass is 15.2. The molecule has 0 aliphatic carbocycles. The molecule has 82 valence electrons. The Hall–Kier alpha value is -0.0800. The summed E-state index contributed by atoms with van der Waals surface area (Å²) >= 11 is 0. The van der Waals surface area contributed by atoms with E-state index >= 15 is 0 Å². The maximum absolute atomic E-state index is 3.74. The van der Waals surface area contributed by atoms with Gasteiger partial charge in [-0.25, -0.2) is 0 Å². The third-order valence-electron chi connectivity index (χ3n) is 3.82. The zero-order valence-electron chi connectivity index (χ0n) is 9.63. The second-order valence-electron chi connectivity index (χ2n) is 5.08. The van der Waals surface area contributed by atoms with Crippen molar-refractivity contribution in [3.05, 3.63) is 0 Å². The Balaban J connectivity index is 1.88. The number of hydrogen-bond acceptors (Lipinski definition) is 2. The Kier molecular flexibility index (Phi) is 3.45. The Morgan fingerprint density at radius 1 is 1.29 bits per heavy atom. The van der Waals surface area contributed by atoms with Crippen LogP contribution < -0.4 is 5.32 Å². The number of hydrogen-bond donors (Lipinski definition) is 1. The predicted molar refractivity (Wildman–Crippen MR) is 60.5 cm³/mol. The van der Waals surface area contributed by atoms with E-state index in [9.17, 15) is 0 Å². The van der Waals surface area contributed by atoms with Crippen LogP contribution in [-0.2, 0) is 0 Å². The lowest BCUT2D eigenvalue weighted by Gasteiger charge is -2.45. The van der Waals surface area contributed by atoms with Gasteiger partial charge in [-0.3, -0.25) is 4.90 Å². The minimum atomic E-state index is 0.793. The van der Waals surface area contributed by atoms with Gasteiger partial charge in [0.2, 0.25) is 0 Å². The zero-order valence-corrected chi connectivity index (χ0v) is 9.63. The Morgan fingerprint density at radius 3 is 2.50 bits per heavy atom. The lowest BCUT2D eigenvalue weighted by atomic mass is 9.93. The van der Waals surface area contributed by atoms with Gasteiger partial charge in [0.1, 0.15) is 0 Å². The molecule has 2 saturated heterocycles. The molecule has 14 heavy (non-hydrogen) atoms. The van der Waals surface area contributed by atoms with Gasteiger partial charge in [0.15, 0.2) is 0 Å². The average molecular weight is 196 g/mol. The van der Waals surface area contributed by atoms with E-state index in [-0.39, 0.29) is 0 Å². The first-order chi connectivity index (χ1) is 6.79. The van der Waals surface area contributed by atoms with Crippen molar-refractivity contribution in [2.24, 2.45) is 0 Å². The van der Waals surface area contributed by atoms with Crippen LogP contribution >= 0.6 is 0 Å². The second-order valence-corrected chi connectivity index (χ2v) is 5.08. The standard InChI is InChI=1S/C12H24N2/c1-3-5-10(2)14-8-11-6-4-7-12(9-14)13-11/h10-13H,3-9H2,1-2H3. The monoisotopic (exact) mass is 196 g/mol. The third kappa shape index (κ3) is 2.29. The first-order valence-corrected chi connectivity index (χ1v) is 6.29. The van der Waals surface area contributed by atoms with Crippen LogP contribution in [0, 0.1) is 0 Å². The van der Waals surface area contributed by atoms with Crippen LogP contribution in [0.15, 0.2) is 0 Å². The summed E-state index contributed by atoms with van der Waals surface area (Å²) in [5, 5.41) is 3.74. The molecule has 2 aliphatic rings. The van der Waals surface area contributed by atoms with Crippen molar-refractivity contribution in [3.8, 4) is 0 Å². The summed E-state index contributed by atoms with van der Waals surface area (Å²) in [4.78, 5) is 2.70. The molecular weight excluding hydrogens is 172 g/mol. The quantitative estimate of drug-likeness (QED) is 0.743. The molecule has 3 unspecified atom stereocenters. The number of piperazine rings is 1. The number of likely N-dealkylation sites (tertiary alicyclic amines) is 1. The van der Waals surface area contributed by atoms with Crippen molar-refractivity contribution in [2.75, 3.05) is 13.1 Å². The van der Waals surface area contributed by atoms with E-state index in [0.29, 0.717) is 0 Å². The maximum Gasteiger partial charge on any atom is 0.0198 e. The molecule has 0 radical (unpaired) electrons. The van der Waals surface area contributed by atoms with Crippen LogP contribution in [0.2, 0.25) is 0 Å². The Morgan fingerprint density at radius 2 is 1.93 bits per heavy atom. The van der Waals surface area contributed by atoms with E-state index in [0.717, 1.165) is 18.1 Å². The molecule has 0 saturated carbocycles. The van der Waals surface area contributed by atoms with Crippen molar-refractivity contribution in [3.63, 3.8) is 0 Å². The van der Waals surface area contributed by atoms with Crippen molar-refractivity contribution in [1.29, 1.82) is 0 Å². The molecule has 2 heteroatoms. The summed E-state index contributed by atoms with van der Waals surface area (Å²) < 4.78 is 0. The van der Waals surface area contributed by atoms with Gasteiger partial charge in [0, 0.05) is 31.2 Å². The molecule has 0 aromatic rings. The summed E-state index contributed by atoms with van der Waals surface area (Å²) in [6, 6.07) is 2.38. The number of nitrogens with zero attached hydrogens (tertiary/aromatic N) is 1. The minimum Gasteiger partial charge on any atom is -0.309 e. The molecule has 2 nitrogen and oxygen atoms in total. The van der Waals surface area contributed by atoms with Crippen LogP contribution in [0.4, 0.5) is 0 Å². The van der Waals surface area contributed by atoms with Gasteiger partial charge in [-0.1, -0.05) is 19.8 Å². The molecule has 2 bridgehead atoms. The normalized spacial score (nSPS) is 35.6. The summed E-state index contributed by atoms with van der Waals surface area (Å²) in [6.45, 7) is 7.26. The zero-order chi connectivity index (χ0) is 9.97. The Bertz CT molecular complexity index is 169. The lowest BCUT2D eigenvalue weighted by Crippen LogP contribution is -2.60. The number of piperidine rings is 1. The van der Waals surface area contributed by atoms with Gasteiger partial charge < -0.3 is 5.32 Å². The van der Waals surface area contributed by atoms with Gasteiger partial charge in [-0.05, 0) is 26.2 Å². The molecule has 3 atom stereocenters. The van der Waals surface area contributed by atoms with Gasteiger partial charge in [0.25, 0.3) is 0 Å². The van der Waals surface area contributed by atoms with E-state index in [1.165, 1.54) is 45.2 Å². The van der Waals surface area contributed by atoms with Crippen molar-refractivity contribution in [2.45, 2.75) is 64.1 Å². The highest BCUT2D eigenvalue weighted by Gasteiger charge is 2.31. The first-order valence-electron chi connectivity index (χ1n) is 6.29. The fourth-order valence-corrected chi connectivity index (χ4v) is 3.00. The van der Waals surface area contributed by atoms with Gasteiger partial charge >= 0.3 is 0 Å². The summed E-state index contributed by atoms with van der Waals surface area (Å²) in [5.41, 5.74) is 0. The molecule has 0 aromatic carbocycles. The predicted octanol–water partition coefficient (Wildman–Crippen LogP) is 2.00. The number of nitrogens with one attached hydrogen (secondary N) is 1. The van der Waals surface area contributed by atoms with Gasteiger partial charge in [0.05, 0.1) is 0 Å². The maximum atomic E-state index is 3.74. The van der Waals surface area contributed by atoms with E-state index in [2.05, 4.69) is 24.1 Å². The molecule has 0 amide bonds. The Labute approximate surface area is 88.1 Å². The lowest BCUT2D eigenvalue weighted by molar-refractivity contribution is 0.0892. The largest absolute Gasteiger partial charge is 0.309 e. The molecule has 2 aliphatic heterocycles. The molecule has 2 fully saturated rings. The van der Waals surface area contributed by atoms with Crippen molar-refractivity contribution >= 4 is 0 Å². The van der Waals surface area contributed by atoms with E-state index < -0.39 is 0 Å². The van der Waals surface area contributed by atoms with Crippen molar-refractivity contribution in [1.82, 2.24) is 10.2 Å². The fraction of sp³-hybridized carbons (Fsp3) is 1.00. The van der Waals surface area contributed by atoms with Crippen LogP contribution in [-0.4, -0.2) is 36.1 Å². The molecule has 0 spiro atoms. The minimum absolute atomic E-state index is 0.793.